The van der Waals surface area contributed by atoms with Crippen molar-refractivity contribution in [3.8, 4) is 11.3 Å². The first-order chi connectivity index (χ1) is 7.48. The lowest BCUT2D eigenvalue weighted by molar-refractivity contribution is 0.334. The van der Waals surface area contributed by atoms with Crippen LogP contribution < -0.4 is 0 Å². The summed E-state index contributed by atoms with van der Waals surface area (Å²) in [5, 5.41) is 2.34. The van der Waals surface area contributed by atoms with Crippen LogP contribution in [0.15, 0.2) is 39.9 Å². The van der Waals surface area contributed by atoms with E-state index in [9.17, 15) is 16.7 Å². The SMILES string of the molecule is O=S(=O)(F)c1cc(-c2ccccc2F)no1. The highest BCUT2D eigenvalue weighted by atomic mass is 32.3. The van der Waals surface area contributed by atoms with Gasteiger partial charge < -0.3 is 4.52 Å². The molecule has 1 aromatic carbocycles. The number of nitrogens with zero attached hydrogens (tertiary/aromatic N) is 1. The standard InChI is InChI=1S/C9H5F2NO3S/c10-7-4-2-1-3-6(7)8-5-9(15-12-8)16(11,13)14/h1-5H. The van der Waals surface area contributed by atoms with Crippen molar-refractivity contribution in [3.05, 3.63) is 36.1 Å². The summed E-state index contributed by atoms with van der Waals surface area (Å²) in [5.41, 5.74) is -0.0320. The molecule has 0 unspecified atom stereocenters. The lowest BCUT2D eigenvalue weighted by atomic mass is 10.1. The van der Waals surface area contributed by atoms with Crippen molar-refractivity contribution < 1.29 is 21.2 Å². The summed E-state index contributed by atoms with van der Waals surface area (Å²) in [6.45, 7) is 0. The average molecular weight is 245 g/mol. The van der Waals surface area contributed by atoms with Crippen LogP contribution in [0.25, 0.3) is 11.3 Å². The minimum absolute atomic E-state index is 0.0427. The van der Waals surface area contributed by atoms with Crippen molar-refractivity contribution in [2.45, 2.75) is 5.09 Å². The van der Waals surface area contributed by atoms with Gasteiger partial charge in [0.05, 0.1) is 0 Å². The van der Waals surface area contributed by atoms with Crippen molar-refractivity contribution in [2.24, 2.45) is 0 Å². The van der Waals surface area contributed by atoms with E-state index in [-0.39, 0.29) is 11.3 Å². The maximum atomic E-state index is 13.3. The molecule has 0 aliphatic heterocycles. The quantitative estimate of drug-likeness (QED) is 0.760. The fourth-order valence-electron chi connectivity index (χ4n) is 1.17. The number of benzene rings is 1. The van der Waals surface area contributed by atoms with Crippen LogP contribution in [0.1, 0.15) is 0 Å². The number of hydrogen-bond acceptors (Lipinski definition) is 4. The van der Waals surface area contributed by atoms with E-state index in [0.29, 0.717) is 0 Å². The molecule has 7 heteroatoms. The Balaban J connectivity index is 2.52. The molecule has 1 aromatic heterocycles. The third-order valence-electron chi connectivity index (χ3n) is 1.88. The molecule has 0 saturated heterocycles. The van der Waals surface area contributed by atoms with Crippen LogP contribution in [0.4, 0.5) is 8.28 Å². The van der Waals surface area contributed by atoms with Gasteiger partial charge in [-0.3, -0.25) is 0 Å². The predicted molar refractivity (Wildman–Crippen MR) is 50.2 cm³/mol. The zero-order chi connectivity index (χ0) is 11.8. The molecule has 0 radical (unpaired) electrons. The first-order valence-corrected chi connectivity index (χ1v) is 5.53. The van der Waals surface area contributed by atoms with Crippen molar-refractivity contribution >= 4 is 10.2 Å². The Bertz CT molecular complexity index is 621. The molecule has 0 saturated carbocycles. The highest BCUT2D eigenvalue weighted by Crippen LogP contribution is 2.24. The molecule has 1 heterocycles. The fraction of sp³-hybridized carbons (Fsp3) is 0. The van der Waals surface area contributed by atoms with Gasteiger partial charge in [0.25, 0.3) is 5.09 Å². The highest BCUT2D eigenvalue weighted by Gasteiger charge is 2.20. The Hall–Kier alpha value is -1.76. The van der Waals surface area contributed by atoms with Crippen LogP contribution in [0.2, 0.25) is 0 Å². The lowest BCUT2D eigenvalue weighted by Crippen LogP contribution is -1.87. The normalized spacial score (nSPS) is 11.6. The van der Waals surface area contributed by atoms with Crippen LogP contribution in [0, 0.1) is 5.82 Å². The lowest BCUT2D eigenvalue weighted by Gasteiger charge is -1.95. The average Bonchev–Trinajstić information content (AvgIpc) is 2.66. The second-order valence-electron chi connectivity index (χ2n) is 2.95. The minimum atomic E-state index is -4.95. The fourth-order valence-corrected chi connectivity index (χ4v) is 1.55. The van der Waals surface area contributed by atoms with Crippen molar-refractivity contribution in [1.82, 2.24) is 5.16 Å². The van der Waals surface area contributed by atoms with Crippen LogP contribution >= 0.6 is 0 Å². The zero-order valence-corrected chi connectivity index (χ0v) is 8.54. The Morgan fingerprint density at radius 3 is 2.50 bits per heavy atom. The van der Waals surface area contributed by atoms with Crippen LogP contribution in [-0.4, -0.2) is 13.6 Å². The van der Waals surface area contributed by atoms with Gasteiger partial charge in [0.2, 0.25) is 0 Å². The Kier molecular flexibility index (Phi) is 2.47. The van der Waals surface area contributed by atoms with E-state index in [4.69, 9.17) is 0 Å². The number of hydrogen-bond donors (Lipinski definition) is 0. The molecule has 0 spiro atoms. The summed E-state index contributed by atoms with van der Waals surface area (Å²) >= 11 is 0. The first kappa shape index (κ1) is 10.7. The molecule has 4 nitrogen and oxygen atoms in total. The third-order valence-corrected chi connectivity index (χ3v) is 2.55. The van der Waals surface area contributed by atoms with Gasteiger partial charge in [-0.1, -0.05) is 21.2 Å². The monoisotopic (exact) mass is 245 g/mol. The third kappa shape index (κ3) is 1.94. The van der Waals surface area contributed by atoms with E-state index in [1.54, 1.807) is 0 Å². The zero-order valence-electron chi connectivity index (χ0n) is 7.72. The van der Waals surface area contributed by atoms with Gasteiger partial charge in [-0.25, -0.2) is 4.39 Å². The largest absolute Gasteiger partial charge is 0.368 e. The maximum Gasteiger partial charge on any atom is 0.368 e. The molecule has 2 rings (SSSR count). The molecule has 16 heavy (non-hydrogen) atoms. The number of aromatic nitrogens is 1. The van der Waals surface area contributed by atoms with Crippen molar-refractivity contribution in [3.63, 3.8) is 0 Å². The maximum absolute atomic E-state index is 13.3. The van der Waals surface area contributed by atoms with Gasteiger partial charge in [0.1, 0.15) is 11.5 Å². The molecule has 0 atom stereocenters. The van der Waals surface area contributed by atoms with E-state index in [1.807, 2.05) is 0 Å². The van der Waals surface area contributed by atoms with Crippen molar-refractivity contribution in [1.29, 1.82) is 0 Å². The molecule has 2 aromatic rings. The van der Waals surface area contributed by atoms with Gasteiger partial charge in [0, 0.05) is 11.6 Å². The Labute approximate surface area is 89.7 Å². The summed E-state index contributed by atoms with van der Waals surface area (Å²) in [6.07, 6.45) is 0. The molecule has 0 amide bonds. The van der Waals surface area contributed by atoms with Gasteiger partial charge in [-0.05, 0) is 12.1 Å². The predicted octanol–water partition coefficient (Wildman–Crippen LogP) is 2.14. The minimum Gasteiger partial charge on any atom is -0.341 e. The molecule has 84 valence electrons. The summed E-state index contributed by atoms with van der Waals surface area (Å²) in [6, 6.07) is 6.38. The molecule has 0 N–H and O–H groups in total. The highest BCUT2D eigenvalue weighted by molar-refractivity contribution is 7.86. The second-order valence-corrected chi connectivity index (χ2v) is 4.23. The molecule has 0 aliphatic rings. The smallest absolute Gasteiger partial charge is 0.341 e. The van der Waals surface area contributed by atoms with E-state index < -0.39 is 21.1 Å². The van der Waals surface area contributed by atoms with Crippen LogP contribution in [0.5, 0.6) is 0 Å². The summed E-state index contributed by atoms with van der Waals surface area (Å²) in [7, 11) is -4.95. The topological polar surface area (TPSA) is 60.2 Å². The molecule has 0 bridgehead atoms. The molecule has 0 fully saturated rings. The van der Waals surface area contributed by atoms with E-state index in [2.05, 4.69) is 9.68 Å². The van der Waals surface area contributed by atoms with E-state index in [1.165, 1.54) is 24.3 Å². The molecular formula is C9H5F2NO3S. The molecule has 0 aliphatic carbocycles. The van der Waals surface area contributed by atoms with Gasteiger partial charge in [-0.2, -0.15) is 8.42 Å². The summed E-state index contributed by atoms with van der Waals surface area (Å²) in [5.74, 6) is -0.599. The number of halogens is 2. The van der Waals surface area contributed by atoms with E-state index in [0.717, 1.165) is 6.07 Å². The van der Waals surface area contributed by atoms with E-state index >= 15 is 0 Å². The first-order valence-electron chi connectivity index (χ1n) is 4.15. The van der Waals surface area contributed by atoms with Crippen LogP contribution in [0.3, 0.4) is 0 Å². The summed E-state index contributed by atoms with van der Waals surface area (Å²) < 4.78 is 50.9. The van der Waals surface area contributed by atoms with Crippen molar-refractivity contribution in [2.75, 3.05) is 0 Å². The van der Waals surface area contributed by atoms with Gasteiger partial charge >= 0.3 is 10.2 Å². The Morgan fingerprint density at radius 2 is 1.94 bits per heavy atom. The van der Waals surface area contributed by atoms with Gasteiger partial charge in [0.15, 0.2) is 0 Å². The summed E-state index contributed by atoms with van der Waals surface area (Å²) in [4.78, 5) is 0. The Morgan fingerprint density at radius 1 is 1.25 bits per heavy atom. The van der Waals surface area contributed by atoms with Gasteiger partial charge in [-0.15, -0.1) is 0 Å². The second kappa shape index (κ2) is 3.67. The van der Waals surface area contributed by atoms with Crippen LogP contribution in [-0.2, 0) is 10.2 Å². The molecular weight excluding hydrogens is 240 g/mol. The number of rotatable bonds is 2.